The molecule has 1 atom stereocenters. The van der Waals surface area contributed by atoms with Crippen molar-refractivity contribution in [1.29, 1.82) is 5.26 Å². The predicted octanol–water partition coefficient (Wildman–Crippen LogP) is 6.24. The number of nitrogens with zero attached hydrogens (tertiary/aromatic N) is 1. The van der Waals surface area contributed by atoms with Gasteiger partial charge in [-0.15, -0.1) is 0 Å². The Kier molecular flexibility index (Phi) is 10.5. The number of esters is 1. The lowest BCUT2D eigenvalue weighted by atomic mass is 9.92. The number of hydrogen-bond acceptors (Lipinski definition) is 6. The number of carbonyl (C=O) groups excluding carboxylic acids is 1. The molecule has 194 valence electrons. The van der Waals surface area contributed by atoms with Crippen molar-refractivity contribution in [2.75, 3.05) is 25.6 Å². The molecular weight excluding hydrogens is 464 g/mol. The molecule has 3 aromatic rings. The fourth-order valence-electron chi connectivity index (χ4n) is 4.12. The number of benzene rings is 3. The summed E-state index contributed by atoms with van der Waals surface area (Å²) in [6, 6.07) is 22.5. The minimum absolute atomic E-state index is 0.348. The van der Waals surface area contributed by atoms with E-state index in [2.05, 4.69) is 38.2 Å². The Hall–Kier alpha value is -3.82. The van der Waals surface area contributed by atoms with Crippen molar-refractivity contribution in [3.05, 3.63) is 94.5 Å². The average Bonchev–Trinajstić information content (AvgIpc) is 2.92. The van der Waals surface area contributed by atoms with Crippen molar-refractivity contribution in [3.8, 4) is 11.8 Å². The van der Waals surface area contributed by atoms with Crippen LogP contribution in [-0.2, 0) is 33.7 Å². The van der Waals surface area contributed by atoms with Crippen LogP contribution in [0.5, 0.6) is 5.75 Å². The van der Waals surface area contributed by atoms with Crippen molar-refractivity contribution >= 4 is 11.7 Å². The molecule has 0 saturated carbocycles. The molecule has 1 N–H and O–H groups in total. The normalized spacial score (nSPS) is 11.6. The van der Waals surface area contributed by atoms with E-state index >= 15 is 0 Å². The number of ether oxygens (including phenoxy) is 3. The van der Waals surface area contributed by atoms with Gasteiger partial charge in [0.05, 0.1) is 32.0 Å². The lowest BCUT2D eigenvalue weighted by Crippen LogP contribution is -2.24. The number of methoxy groups -OCH3 is 1. The van der Waals surface area contributed by atoms with Crippen LogP contribution in [0.2, 0.25) is 0 Å². The summed E-state index contributed by atoms with van der Waals surface area (Å²) in [5.74, 6) is 0.670. The highest BCUT2D eigenvalue weighted by atomic mass is 16.5. The Labute approximate surface area is 220 Å². The lowest BCUT2D eigenvalue weighted by Gasteiger charge is -2.24. The Bertz CT molecular complexity index is 1180. The van der Waals surface area contributed by atoms with Gasteiger partial charge in [-0.2, -0.15) is 5.26 Å². The van der Waals surface area contributed by atoms with Gasteiger partial charge in [0, 0.05) is 11.3 Å². The van der Waals surface area contributed by atoms with Gasteiger partial charge in [0.2, 0.25) is 0 Å². The third-order valence-electron chi connectivity index (χ3n) is 5.95. The van der Waals surface area contributed by atoms with E-state index in [1.54, 1.807) is 24.3 Å². The van der Waals surface area contributed by atoms with Crippen LogP contribution in [-0.4, -0.2) is 26.3 Å². The Balaban J connectivity index is 1.90. The number of rotatable bonds is 13. The number of hydrogen-bond donors (Lipinski definition) is 1. The minimum Gasteiger partial charge on any atom is -0.491 e. The summed E-state index contributed by atoms with van der Waals surface area (Å²) in [5, 5.41) is 12.4. The number of anilines is 1. The van der Waals surface area contributed by atoms with Gasteiger partial charge in [-0.3, -0.25) is 0 Å². The summed E-state index contributed by atoms with van der Waals surface area (Å²) in [7, 11) is 1.38. The Morgan fingerprint density at radius 2 is 1.73 bits per heavy atom. The average molecular weight is 501 g/mol. The maximum atomic E-state index is 13.0. The van der Waals surface area contributed by atoms with Crippen LogP contribution < -0.4 is 10.1 Å². The van der Waals surface area contributed by atoms with Crippen LogP contribution in [0, 0.1) is 17.2 Å². The van der Waals surface area contributed by atoms with Gasteiger partial charge in [0.15, 0.2) is 6.04 Å². The third-order valence-corrected chi connectivity index (χ3v) is 5.95. The van der Waals surface area contributed by atoms with Gasteiger partial charge in [-0.25, -0.2) is 4.79 Å². The third kappa shape index (κ3) is 8.09. The molecule has 0 radical (unpaired) electrons. The summed E-state index contributed by atoms with van der Waals surface area (Å²) in [6.45, 7) is 7.70. The van der Waals surface area contributed by atoms with E-state index in [0.29, 0.717) is 42.7 Å². The van der Waals surface area contributed by atoms with Crippen molar-refractivity contribution in [2.24, 2.45) is 5.92 Å². The first-order valence-electron chi connectivity index (χ1n) is 12.7. The molecule has 0 bridgehead atoms. The first-order valence-corrected chi connectivity index (χ1v) is 12.7. The second kappa shape index (κ2) is 14.1. The van der Waals surface area contributed by atoms with E-state index in [9.17, 15) is 4.79 Å². The molecule has 0 aromatic heterocycles. The van der Waals surface area contributed by atoms with E-state index in [0.717, 1.165) is 35.1 Å². The van der Waals surface area contributed by atoms with Crippen LogP contribution in [0.15, 0.2) is 66.7 Å². The molecule has 0 aliphatic heterocycles. The van der Waals surface area contributed by atoms with E-state index < -0.39 is 12.0 Å². The van der Waals surface area contributed by atoms with Gasteiger partial charge in [-0.05, 0) is 65.8 Å². The highest BCUT2D eigenvalue weighted by Crippen LogP contribution is 2.35. The molecule has 0 spiro atoms. The smallest absolute Gasteiger partial charge is 0.333 e. The Morgan fingerprint density at radius 3 is 2.35 bits per heavy atom. The van der Waals surface area contributed by atoms with Crippen LogP contribution in [0.4, 0.5) is 5.69 Å². The number of nitriles is 1. The van der Waals surface area contributed by atoms with Gasteiger partial charge < -0.3 is 19.5 Å². The quantitative estimate of drug-likeness (QED) is 0.221. The van der Waals surface area contributed by atoms with Crippen LogP contribution >= 0.6 is 0 Å². The zero-order valence-electron chi connectivity index (χ0n) is 22.1. The van der Waals surface area contributed by atoms with Crippen LogP contribution in [0.1, 0.15) is 54.6 Å². The molecule has 0 fully saturated rings. The van der Waals surface area contributed by atoms with Crippen molar-refractivity contribution in [3.63, 3.8) is 0 Å². The topological polar surface area (TPSA) is 80.6 Å². The standard InChI is InChI=1S/C31H36N2O4/c1-5-23-18-26(17-22(2)3)30(37-16-15-36-21-25-9-7-6-8-10-25)28(19-23)29(31(34)35-4)33-27-13-11-24(20-32)12-14-27/h6-14,18-19,22,29,33H,5,15-17,21H2,1-4H3. The summed E-state index contributed by atoms with van der Waals surface area (Å²) in [6.07, 6.45) is 1.63. The molecule has 0 aliphatic rings. The summed E-state index contributed by atoms with van der Waals surface area (Å²) < 4.78 is 17.4. The van der Waals surface area contributed by atoms with E-state index in [1.807, 2.05) is 36.4 Å². The molecular formula is C31H36N2O4. The first-order chi connectivity index (χ1) is 17.9. The predicted molar refractivity (Wildman–Crippen MR) is 145 cm³/mol. The molecule has 0 heterocycles. The van der Waals surface area contributed by atoms with Gasteiger partial charge >= 0.3 is 5.97 Å². The fraction of sp³-hybridized carbons (Fsp3) is 0.355. The maximum Gasteiger partial charge on any atom is 0.333 e. The first kappa shape index (κ1) is 27.8. The zero-order valence-corrected chi connectivity index (χ0v) is 22.1. The molecule has 3 rings (SSSR count). The molecule has 6 nitrogen and oxygen atoms in total. The number of carbonyl (C=O) groups is 1. The molecule has 0 aliphatic carbocycles. The maximum absolute atomic E-state index is 13.0. The second-order valence-electron chi connectivity index (χ2n) is 9.30. The van der Waals surface area contributed by atoms with Crippen molar-refractivity contribution in [1.82, 2.24) is 0 Å². The van der Waals surface area contributed by atoms with Gasteiger partial charge in [0.25, 0.3) is 0 Å². The molecule has 3 aromatic carbocycles. The summed E-state index contributed by atoms with van der Waals surface area (Å²) in [4.78, 5) is 13.0. The highest BCUT2D eigenvalue weighted by Gasteiger charge is 2.27. The number of aryl methyl sites for hydroxylation is 1. The molecule has 0 amide bonds. The van der Waals surface area contributed by atoms with Gasteiger partial charge in [0.1, 0.15) is 12.4 Å². The summed E-state index contributed by atoms with van der Waals surface area (Å²) >= 11 is 0. The summed E-state index contributed by atoms with van der Waals surface area (Å²) in [5.41, 5.74) is 5.27. The lowest BCUT2D eigenvalue weighted by molar-refractivity contribution is -0.141. The van der Waals surface area contributed by atoms with Crippen molar-refractivity contribution in [2.45, 2.75) is 46.3 Å². The molecule has 0 saturated heterocycles. The largest absolute Gasteiger partial charge is 0.491 e. The molecule has 37 heavy (non-hydrogen) atoms. The SMILES string of the molecule is CCc1cc(CC(C)C)c(OCCOCc2ccccc2)c(C(Nc2ccc(C#N)cc2)C(=O)OC)c1. The fourth-order valence-corrected chi connectivity index (χ4v) is 4.12. The van der Waals surface area contributed by atoms with Crippen LogP contribution in [0.3, 0.4) is 0 Å². The number of nitrogens with one attached hydrogen (secondary N) is 1. The molecule has 6 heteroatoms. The van der Waals surface area contributed by atoms with Crippen LogP contribution in [0.25, 0.3) is 0 Å². The van der Waals surface area contributed by atoms with E-state index in [4.69, 9.17) is 19.5 Å². The van der Waals surface area contributed by atoms with Gasteiger partial charge in [-0.1, -0.05) is 57.2 Å². The highest BCUT2D eigenvalue weighted by molar-refractivity contribution is 5.82. The second-order valence-corrected chi connectivity index (χ2v) is 9.30. The van der Waals surface area contributed by atoms with E-state index in [-0.39, 0.29) is 0 Å². The minimum atomic E-state index is -0.782. The van der Waals surface area contributed by atoms with Crippen molar-refractivity contribution < 1.29 is 19.0 Å². The monoisotopic (exact) mass is 500 g/mol. The van der Waals surface area contributed by atoms with E-state index in [1.165, 1.54) is 7.11 Å². The molecule has 1 unspecified atom stereocenters. The zero-order chi connectivity index (χ0) is 26.6. The Morgan fingerprint density at radius 1 is 1.00 bits per heavy atom.